The molecule has 3 nitrogen and oxygen atoms in total. The van der Waals surface area contributed by atoms with Gasteiger partial charge in [0.05, 0.1) is 0 Å². The highest BCUT2D eigenvalue weighted by molar-refractivity contribution is 5.82. The van der Waals surface area contributed by atoms with Gasteiger partial charge >= 0.3 is 0 Å². The molecule has 1 saturated carbocycles. The topological polar surface area (TPSA) is 49.3 Å². The van der Waals surface area contributed by atoms with E-state index in [1.54, 1.807) is 0 Å². The summed E-state index contributed by atoms with van der Waals surface area (Å²) in [6, 6.07) is 0. The van der Waals surface area contributed by atoms with Crippen molar-refractivity contribution >= 4 is 5.91 Å². The highest BCUT2D eigenvalue weighted by Gasteiger charge is 2.41. The molecule has 100 valence electrons. The monoisotopic (exact) mass is 241 g/mol. The fourth-order valence-electron chi connectivity index (χ4n) is 2.88. The van der Waals surface area contributed by atoms with Crippen molar-refractivity contribution in [2.45, 2.75) is 52.9 Å². The SMILES string of the molecule is CC(C)CC1(C(=O)NCC(C)CO)CCCC1. The van der Waals surface area contributed by atoms with Crippen LogP contribution in [-0.4, -0.2) is 24.2 Å². The van der Waals surface area contributed by atoms with Gasteiger partial charge in [-0.25, -0.2) is 0 Å². The number of carbonyl (C=O) groups excluding carboxylic acids is 1. The minimum atomic E-state index is -0.122. The molecule has 17 heavy (non-hydrogen) atoms. The van der Waals surface area contributed by atoms with Crippen LogP contribution in [-0.2, 0) is 4.79 Å². The molecule has 2 N–H and O–H groups in total. The van der Waals surface area contributed by atoms with Crippen molar-refractivity contribution in [1.29, 1.82) is 0 Å². The van der Waals surface area contributed by atoms with Gasteiger partial charge in [-0.05, 0) is 31.1 Å². The van der Waals surface area contributed by atoms with E-state index >= 15 is 0 Å². The molecule has 1 aliphatic carbocycles. The van der Waals surface area contributed by atoms with Gasteiger partial charge in [0.25, 0.3) is 0 Å². The van der Waals surface area contributed by atoms with Gasteiger partial charge in [-0.15, -0.1) is 0 Å². The van der Waals surface area contributed by atoms with Gasteiger partial charge in [0.1, 0.15) is 0 Å². The minimum Gasteiger partial charge on any atom is -0.396 e. The molecule has 0 radical (unpaired) electrons. The molecule has 0 saturated heterocycles. The zero-order chi connectivity index (χ0) is 12.9. The Morgan fingerprint density at radius 1 is 1.29 bits per heavy atom. The van der Waals surface area contributed by atoms with Gasteiger partial charge in [0.2, 0.25) is 5.91 Å². The van der Waals surface area contributed by atoms with Gasteiger partial charge in [-0.1, -0.05) is 33.6 Å². The molecule has 0 aliphatic heterocycles. The maximum absolute atomic E-state index is 12.3. The molecule has 0 spiro atoms. The van der Waals surface area contributed by atoms with Crippen molar-refractivity contribution in [1.82, 2.24) is 5.32 Å². The largest absolute Gasteiger partial charge is 0.396 e. The summed E-state index contributed by atoms with van der Waals surface area (Å²) >= 11 is 0. The summed E-state index contributed by atoms with van der Waals surface area (Å²) in [5.41, 5.74) is -0.122. The fourth-order valence-corrected chi connectivity index (χ4v) is 2.88. The van der Waals surface area contributed by atoms with Crippen LogP contribution in [0, 0.1) is 17.3 Å². The van der Waals surface area contributed by atoms with Crippen LogP contribution in [0.25, 0.3) is 0 Å². The van der Waals surface area contributed by atoms with Gasteiger partial charge in [0, 0.05) is 18.6 Å². The lowest BCUT2D eigenvalue weighted by Crippen LogP contribution is -2.42. The summed E-state index contributed by atoms with van der Waals surface area (Å²) in [5, 5.41) is 12.0. The third-order valence-electron chi connectivity index (χ3n) is 3.76. The lowest BCUT2D eigenvalue weighted by Gasteiger charge is -2.30. The van der Waals surface area contributed by atoms with Gasteiger partial charge in [-0.2, -0.15) is 0 Å². The van der Waals surface area contributed by atoms with Crippen molar-refractivity contribution in [3.8, 4) is 0 Å². The molecule has 1 fully saturated rings. The van der Waals surface area contributed by atoms with Crippen molar-refractivity contribution in [3.63, 3.8) is 0 Å². The van der Waals surface area contributed by atoms with Crippen molar-refractivity contribution in [3.05, 3.63) is 0 Å². The Morgan fingerprint density at radius 3 is 2.35 bits per heavy atom. The third-order valence-corrected chi connectivity index (χ3v) is 3.76. The van der Waals surface area contributed by atoms with E-state index in [9.17, 15) is 4.79 Å². The number of hydrogen-bond donors (Lipinski definition) is 2. The first-order chi connectivity index (χ1) is 8.00. The summed E-state index contributed by atoms with van der Waals surface area (Å²) in [5.74, 6) is 0.926. The molecule has 0 aromatic carbocycles. The molecule has 1 aliphatic rings. The lowest BCUT2D eigenvalue weighted by molar-refractivity contribution is -0.132. The van der Waals surface area contributed by atoms with E-state index < -0.39 is 0 Å². The first-order valence-electron chi connectivity index (χ1n) is 6.89. The summed E-state index contributed by atoms with van der Waals surface area (Å²) in [6.45, 7) is 7.05. The van der Waals surface area contributed by atoms with E-state index in [0.717, 1.165) is 19.3 Å². The normalized spacial score (nSPS) is 20.5. The summed E-state index contributed by atoms with van der Waals surface area (Å²) < 4.78 is 0. The van der Waals surface area contributed by atoms with E-state index in [-0.39, 0.29) is 23.8 Å². The lowest BCUT2D eigenvalue weighted by atomic mass is 9.77. The molecule has 3 heteroatoms. The van der Waals surface area contributed by atoms with Crippen molar-refractivity contribution in [2.75, 3.05) is 13.2 Å². The molecule has 1 unspecified atom stereocenters. The molecule has 1 rings (SSSR count). The Balaban J connectivity index is 2.55. The van der Waals surface area contributed by atoms with Crippen LogP contribution in [0.5, 0.6) is 0 Å². The Labute approximate surface area is 105 Å². The van der Waals surface area contributed by atoms with E-state index in [4.69, 9.17) is 5.11 Å². The van der Waals surface area contributed by atoms with E-state index in [1.165, 1.54) is 12.8 Å². The summed E-state index contributed by atoms with van der Waals surface area (Å²) in [6.07, 6.45) is 5.41. The molecule has 1 atom stereocenters. The van der Waals surface area contributed by atoms with E-state index in [0.29, 0.717) is 12.5 Å². The molecular formula is C14H27NO2. The van der Waals surface area contributed by atoms with Crippen LogP contribution in [0.15, 0.2) is 0 Å². The maximum Gasteiger partial charge on any atom is 0.226 e. The maximum atomic E-state index is 12.3. The van der Waals surface area contributed by atoms with Gasteiger partial charge in [0.15, 0.2) is 0 Å². The Bertz CT molecular complexity index is 245. The van der Waals surface area contributed by atoms with Crippen molar-refractivity contribution in [2.24, 2.45) is 17.3 Å². The number of rotatable bonds is 6. The number of nitrogens with one attached hydrogen (secondary N) is 1. The predicted octanol–water partition coefficient (Wildman–Crippen LogP) is 2.34. The molecule has 0 aromatic rings. The van der Waals surface area contributed by atoms with Crippen LogP contribution in [0.1, 0.15) is 52.9 Å². The first-order valence-corrected chi connectivity index (χ1v) is 6.89. The highest BCUT2D eigenvalue weighted by atomic mass is 16.3. The number of aliphatic hydroxyl groups excluding tert-OH is 1. The smallest absolute Gasteiger partial charge is 0.226 e. The van der Waals surface area contributed by atoms with Crippen LogP contribution >= 0.6 is 0 Å². The van der Waals surface area contributed by atoms with E-state index in [1.807, 2.05) is 6.92 Å². The van der Waals surface area contributed by atoms with Crippen LogP contribution in [0.3, 0.4) is 0 Å². The second-order valence-corrected chi connectivity index (χ2v) is 6.08. The Morgan fingerprint density at radius 2 is 1.88 bits per heavy atom. The molecule has 0 bridgehead atoms. The van der Waals surface area contributed by atoms with Crippen molar-refractivity contribution < 1.29 is 9.90 Å². The average molecular weight is 241 g/mol. The van der Waals surface area contributed by atoms with Gasteiger partial charge < -0.3 is 10.4 Å². The molecule has 1 amide bonds. The molecule has 0 heterocycles. The fraction of sp³-hybridized carbons (Fsp3) is 0.929. The first kappa shape index (κ1) is 14.5. The van der Waals surface area contributed by atoms with E-state index in [2.05, 4.69) is 19.2 Å². The Kier molecular flexibility index (Phi) is 5.44. The predicted molar refractivity (Wildman–Crippen MR) is 69.6 cm³/mol. The number of carbonyl (C=O) groups is 1. The van der Waals surface area contributed by atoms with Crippen LogP contribution in [0.2, 0.25) is 0 Å². The average Bonchev–Trinajstić information content (AvgIpc) is 2.74. The van der Waals surface area contributed by atoms with Crippen LogP contribution < -0.4 is 5.32 Å². The highest BCUT2D eigenvalue weighted by Crippen LogP contribution is 2.43. The quantitative estimate of drug-likeness (QED) is 0.750. The second kappa shape index (κ2) is 6.39. The van der Waals surface area contributed by atoms with Crippen LogP contribution in [0.4, 0.5) is 0 Å². The zero-order valence-corrected chi connectivity index (χ0v) is 11.5. The zero-order valence-electron chi connectivity index (χ0n) is 11.5. The third kappa shape index (κ3) is 3.98. The van der Waals surface area contributed by atoms with Gasteiger partial charge in [-0.3, -0.25) is 4.79 Å². The summed E-state index contributed by atoms with van der Waals surface area (Å²) in [4.78, 5) is 12.3. The number of amides is 1. The molecular weight excluding hydrogens is 214 g/mol. The Hall–Kier alpha value is -0.570. The summed E-state index contributed by atoms with van der Waals surface area (Å²) in [7, 11) is 0. The number of aliphatic hydroxyl groups is 1. The second-order valence-electron chi connectivity index (χ2n) is 6.08. The standard InChI is InChI=1S/C14H27NO2/c1-11(2)8-14(6-4-5-7-14)13(17)15-9-12(3)10-16/h11-12,16H,4-10H2,1-3H3,(H,15,17). The number of hydrogen-bond acceptors (Lipinski definition) is 2. The molecule has 0 aromatic heterocycles. The minimum absolute atomic E-state index is 0.122.